The maximum absolute atomic E-state index is 9.98. The molecular weight excluding hydrogens is 264 g/mol. The van der Waals surface area contributed by atoms with Crippen molar-refractivity contribution in [3.8, 4) is 0 Å². The molecule has 1 rings (SSSR count). The lowest BCUT2D eigenvalue weighted by Crippen LogP contribution is -2.47. The van der Waals surface area contributed by atoms with Gasteiger partial charge >= 0.3 is 0 Å². The molecule has 0 amide bonds. The molecule has 120 valence electrons. The first-order chi connectivity index (χ1) is 10.2. The number of rotatable bonds is 11. The average molecular weight is 294 g/mol. The van der Waals surface area contributed by atoms with Crippen molar-refractivity contribution >= 4 is 0 Å². The van der Waals surface area contributed by atoms with E-state index in [4.69, 9.17) is 4.74 Å². The lowest BCUT2D eigenvalue weighted by atomic mass is 9.87. The summed E-state index contributed by atoms with van der Waals surface area (Å²) in [5, 5.41) is 13.5. The van der Waals surface area contributed by atoms with Crippen LogP contribution in [0.25, 0.3) is 0 Å². The molecule has 0 saturated carbocycles. The molecule has 0 aromatic heterocycles. The van der Waals surface area contributed by atoms with Gasteiger partial charge in [0.05, 0.1) is 18.8 Å². The summed E-state index contributed by atoms with van der Waals surface area (Å²) in [5.74, 6) is 0. The highest BCUT2D eigenvalue weighted by Crippen LogP contribution is 2.24. The van der Waals surface area contributed by atoms with Gasteiger partial charge in [0.2, 0.25) is 0 Å². The maximum atomic E-state index is 9.98. The van der Waals surface area contributed by atoms with Gasteiger partial charge in [-0.3, -0.25) is 0 Å². The third-order valence-electron chi connectivity index (χ3n) is 3.85. The van der Waals surface area contributed by atoms with Gasteiger partial charge in [0.25, 0.3) is 0 Å². The number of benzene rings is 1. The number of ether oxygens (including phenoxy) is 1. The molecule has 1 aromatic rings. The Kier molecular flexibility index (Phi) is 8.54. The summed E-state index contributed by atoms with van der Waals surface area (Å²) in [6.07, 6.45) is 0.865. The van der Waals surface area contributed by atoms with E-state index in [-0.39, 0.29) is 12.1 Å². The SMILES string of the molecule is CCNC(CO)(CCN(C)CCOCC)c1ccccc1. The Morgan fingerprint density at radius 3 is 2.48 bits per heavy atom. The smallest absolute Gasteiger partial charge is 0.0681 e. The van der Waals surface area contributed by atoms with E-state index in [9.17, 15) is 5.11 Å². The Morgan fingerprint density at radius 1 is 1.19 bits per heavy atom. The molecule has 21 heavy (non-hydrogen) atoms. The van der Waals surface area contributed by atoms with E-state index in [1.54, 1.807) is 0 Å². The van der Waals surface area contributed by atoms with Gasteiger partial charge in [-0.05, 0) is 32.5 Å². The summed E-state index contributed by atoms with van der Waals surface area (Å²) in [4.78, 5) is 2.25. The fourth-order valence-corrected chi connectivity index (χ4v) is 2.51. The van der Waals surface area contributed by atoms with Crippen molar-refractivity contribution in [2.24, 2.45) is 0 Å². The topological polar surface area (TPSA) is 44.7 Å². The standard InChI is InChI=1S/C17H30N2O2/c1-4-18-17(15-20,16-9-7-6-8-10-16)11-12-19(3)13-14-21-5-2/h6-10,18,20H,4-5,11-15H2,1-3H3. The van der Waals surface area contributed by atoms with Gasteiger partial charge in [0.1, 0.15) is 0 Å². The van der Waals surface area contributed by atoms with Crippen LogP contribution in [0.3, 0.4) is 0 Å². The van der Waals surface area contributed by atoms with Gasteiger partial charge in [-0.25, -0.2) is 0 Å². The summed E-state index contributed by atoms with van der Waals surface area (Å²) in [7, 11) is 2.10. The quantitative estimate of drug-likeness (QED) is 0.611. The van der Waals surface area contributed by atoms with Gasteiger partial charge in [0.15, 0.2) is 0 Å². The van der Waals surface area contributed by atoms with Crippen LogP contribution in [0.2, 0.25) is 0 Å². The minimum Gasteiger partial charge on any atom is -0.394 e. The van der Waals surface area contributed by atoms with Crippen molar-refractivity contribution in [3.05, 3.63) is 35.9 Å². The van der Waals surface area contributed by atoms with Crippen molar-refractivity contribution in [2.75, 3.05) is 46.5 Å². The Labute approximate surface area is 129 Å². The number of aliphatic hydroxyl groups is 1. The van der Waals surface area contributed by atoms with Crippen molar-refractivity contribution in [1.82, 2.24) is 10.2 Å². The fourth-order valence-electron chi connectivity index (χ4n) is 2.51. The van der Waals surface area contributed by atoms with E-state index in [1.165, 1.54) is 0 Å². The molecule has 1 atom stereocenters. The molecule has 0 aliphatic carbocycles. The third-order valence-corrected chi connectivity index (χ3v) is 3.85. The molecule has 0 fully saturated rings. The van der Waals surface area contributed by atoms with Crippen LogP contribution in [0.15, 0.2) is 30.3 Å². The Hall–Kier alpha value is -0.940. The zero-order chi connectivity index (χ0) is 15.6. The van der Waals surface area contributed by atoms with Crippen LogP contribution in [0, 0.1) is 0 Å². The van der Waals surface area contributed by atoms with Gasteiger partial charge in [-0.1, -0.05) is 37.3 Å². The molecule has 0 aliphatic heterocycles. The van der Waals surface area contributed by atoms with Gasteiger partial charge < -0.3 is 20.1 Å². The highest BCUT2D eigenvalue weighted by molar-refractivity contribution is 5.24. The predicted molar refractivity (Wildman–Crippen MR) is 87.5 cm³/mol. The molecule has 0 bridgehead atoms. The summed E-state index contributed by atoms with van der Waals surface area (Å²) in [5.41, 5.74) is 0.781. The lowest BCUT2D eigenvalue weighted by molar-refractivity contribution is 0.107. The van der Waals surface area contributed by atoms with E-state index < -0.39 is 0 Å². The zero-order valence-electron chi connectivity index (χ0n) is 13.6. The fraction of sp³-hybridized carbons (Fsp3) is 0.647. The summed E-state index contributed by atoms with van der Waals surface area (Å²) in [6, 6.07) is 10.2. The highest BCUT2D eigenvalue weighted by atomic mass is 16.5. The number of nitrogens with one attached hydrogen (secondary N) is 1. The molecule has 0 heterocycles. The summed E-state index contributed by atoms with van der Waals surface area (Å²) >= 11 is 0. The molecule has 1 unspecified atom stereocenters. The van der Waals surface area contributed by atoms with Crippen LogP contribution >= 0.6 is 0 Å². The second-order valence-corrected chi connectivity index (χ2v) is 5.39. The van der Waals surface area contributed by atoms with Crippen molar-refractivity contribution in [2.45, 2.75) is 25.8 Å². The van der Waals surface area contributed by atoms with Crippen LogP contribution in [0.5, 0.6) is 0 Å². The van der Waals surface area contributed by atoms with E-state index in [0.717, 1.165) is 44.8 Å². The Balaban J connectivity index is 2.66. The van der Waals surface area contributed by atoms with E-state index >= 15 is 0 Å². The van der Waals surface area contributed by atoms with Gasteiger partial charge in [-0.15, -0.1) is 0 Å². The van der Waals surface area contributed by atoms with Gasteiger partial charge in [0, 0.05) is 19.7 Å². The number of nitrogens with zero attached hydrogens (tertiary/aromatic N) is 1. The second-order valence-electron chi connectivity index (χ2n) is 5.39. The second kappa shape index (κ2) is 9.90. The van der Waals surface area contributed by atoms with Crippen molar-refractivity contribution < 1.29 is 9.84 Å². The number of likely N-dealkylation sites (N-methyl/N-ethyl adjacent to an activating group) is 2. The van der Waals surface area contributed by atoms with Gasteiger partial charge in [-0.2, -0.15) is 0 Å². The third kappa shape index (κ3) is 5.75. The Morgan fingerprint density at radius 2 is 1.90 bits per heavy atom. The molecule has 1 aromatic carbocycles. The lowest BCUT2D eigenvalue weighted by Gasteiger charge is -2.35. The molecule has 0 aliphatic rings. The summed E-state index contributed by atoms with van der Waals surface area (Å²) < 4.78 is 5.39. The first-order valence-corrected chi connectivity index (χ1v) is 7.86. The number of hydrogen-bond acceptors (Lipinski definition) is 4. The molecular formula is C17H30N2O2. The van der Waals surface area contributed by atoms with Crippen LogP contribution in [0.1, 0.15) is 25.8 Å². The minimum atomic E-state index is -0.365. The Bertz CT molecular complexity index is 372. The van der Waals surface area contributed by atoms with Crippen molar-refractivity contribution in [3.63, 3.8) is 0 Å². The monoisotopic (exact) mass is 294 g/mol. The predicted octanol–water partition coefficient (Wildman–Crippen LogP) is 1.84. The highest BCUT2D eigenvalue weighted by Gasteiger charge is 2.30. The first-order valence-electron chi connectivity index (χ1n) is 7.86. The summed E-state index contributed by atoms with van der Waals surface area (Å²) in [6.45, 7) is 8.36. The van der Waals surface area contributed by atoms with E-state index in [1.807, 2.05) is 25.1 Å². The minimum absolute atomic E-state index is 0.101. The van der Waals surface area contributed by atoms with Crippen LogP contribution < -0.4 is 5.32 Å². The molecule has 0 radical (unpaired) electrons. The van der Waals surface area contributed by atoms with Crippen LogP contribution in [-0.2, 0) is 10.3 Å². The molecule has 0 spiro atoms. The average Bonchev–Trinajstić information content (AvgIpc) is 2.52. The molecule has 4 nitrogen and oxygen atoms in total. The number of aliphatic hydroxyl groups excluding tert-OH is 1. The van der Waals surface area contributed by atoms with E-state index in [2.05, 4.69) is 36.3 Å². The van der Waals surface area contributed by atoms with Crippen molar-refractivity contribution in [1.29, 1.82) is 0 Å². The van der Waals surface area contributed by atoms with E-state index in [0.29, 0.717) is 0 Å². The molecule has 0 saturated heterocycles. The van der Waals surface area contributed by atoms with Crippen LogP contribution in [-0.4, -0.2) is 56.5 Å². The normalized spacial score (nSPS) is 14.3. The zero-order valence-corrected chi connectivity index (χ0v) is 13.6. The van der Waals surface area contributed by atoms with Crippen LogP contribution in [0.4, 0.5) is 0 Å². The largest absolute Gasteiger partial charge is 0.394 e. The maximum Gasteiger partial charge on any atom is 0.0681 e. The molecule has 2 N–H and O–H groups in total. The first kappa shape index (κ1) is 18.1. The molecule has 4 heteroatoms. The number of hydrogen-bond donors (Lipinski definition) is 2.